The van der Waals surface area contributed by atoms with Crippen LogP contribution in [-0.2, 0) is 4.79 Å². The van der Waals surface area contributed by atoms with Crippen LogP contribution >= 0.6 is 23.5 Å². The van der Waals surface area contributed by atoms with Crippen molar-refractivity contribution in [3.63, 3.8) is 0 Å². The fourth-order valence-electron chi connectivity index (χ4n) is 2.43. The van der Waals surface area contributed by atoms with Gasteiger partial charge in [-0.05, 0) is 19.4 Å². The summed E-state index contributed by atoms with van der Waals surface area (Å²) in [5, 5.41) is 3.57. The van der Waals surface area contributed by atoms with E-state index in [1.54, 1.807) is 0 Å². The normalized spacial score (nSPS) is 29.2. The molecule has 3 nitrogen and oxygen atoms in total. The van der Waals surface area contributed by atoms with Gasteiger partial charge in [0.1, 0.15) is 0 Å². The summed E-state index contributed by atoms with van der Waals surface area (Å²) in [5.74, 6) is 3.72. The SMILES string of the molecule is CCCN(C(=O)C1CSCCS1)C1CCNC1. The highest BCUT2D eigenvalue weighted by Gasteiger charge is 2.31. The number of rotatable bonds is 4. The van der Waals surface area contributed by atoms with Crippen LogP contribution in [0.5, 0.6) is 0 Å². The smallest absolute Gasteiger partial charge is 0.236 e. The van der Waals surface area contributed by atoms with Gasteiger partial charge < -0.3 is 10.2 Å². The Kier molecular flexibility index (Phi) is 5.50. The minimum atomic E-state index is 0.209. The van der Waals surface area contributed by atoms with Crippen molar-refractivity contribution in [1.82, 2.24) is 10.2 Å². The second-order valence-electron chi connectivity index (χ2n) is 4.61. The third kappa shape index (κ3) is 3.55. The van der Waals surface area contributed by atoms with Gasteiger partial charge in [-0.2, -0.15) is 11.8 Å². The molecular formula is C12H22N2OS2. The van der Waals surface area contributed by atoms with Crippen LogP contribution in [0.3, 0.4) is 0 Å². The fraction of sp³-hybridized carbons (Fsp3) is 0.917. The number of nitrogens with zero attached hydrogens (tertiary/aromatic N) is 1. The summed E-state index contributed by atoms with van der Waals surface area (Å²) in [6, 6.07) is 0.440. The summed E-state index contributed by atoms with van der Waals surface area (Å²) in [6.07, 6.45) is 2.18. The summed E-state index contributed by atoms with van der Waals surface area (Å²) < 4.78 is 0. The molecule has 0 radical (unpaired) electrons. The van der Waals surface area contributed by atoms with Crippen molar-refractivity contribution in [1.29, 1.82) is 0 Å². The van der Waals surface area contributed by atoms with Crippen LogP contribution < -0.4 is 5.32 Å². The molecule has 0 aromatic carbocycles. The maximum absolute atomic E-state index is 12.5. The first-order valence-electron chi connectivity index (χ1n) is 6.53. The second kappa shape index (κ2) is 6.90. The summed E-state index contributed by atoms with van der Waals surface area (Å²) in [4.78, 5) is 14.7. The Bertz CT molecular complexity index is 251. The maximum atomic E-state index is 12.5. The Balaban J connectivity index is 1.95. The molecule has 2 saturated heterocycles. The van der Waals surface area contributed by atoms with E-state index in [2.05, 4.69) is 17.1 Å². The molecule has 0 aliphatic carbocycles. The topological polar surface area (TPSA) is 32.3 Å². The molecule has 2 fully saturated rings. The van der Waals surface area contributed by atoms with Crippen LogP contribution in [0.25, 0.3) is 0 Å². The number of hydrogen-bond acceptors (Lipinski definition) is 4. The minimum Gasteiger partial charge on any atom is -0.337 e. The Morgan fingerprint density at radius 1 is 1.47 bits per heavy atom. The molecule has 98 valence electrons. The van der Waals surface area contributed by atoms with Gasteiger partial charge in [0.15, 0.2) is 0 Å². The fourth-order valence-corrected chi connectivity index (χ4v) is 5.05. The zero-order chi connectivity index (χ0) is 12.1. The van der Waals surface area contributed by atoms with E-state index in [4.69, 9.17) is 0 Å². The number of amides is 1. The molecular weight excluding hydrogens is 252 g/mol. The first-order chi connectivity index (χ1) is 8.33. The van der Waals surface area contributed by atoms with Crippen LogP contribution in [0.2, 0.25) is 0 Å². The standard InChI is InChI=1S/C12H22N2OS2/c1-2-5-14(10-3-4-13-8-10)12(15)11-9-16-6-7-17-11/h10-11,13H,2-9H2,1H3. The molecule has 2 aliphatic rings. The number of carbonyl (C=O) groups is 1. The lowest BCUT2D eigenvalue weighted by atomic mass is 10.2. The van der Waals surface area contributed by atoms with Crippen molar-refractivity contribution >= 4 is 29.4 Å². The first kappa shape index (κ1) is 13.6. The lowest BCUT2D eigenvalue weighted by molar-refractivity contribution is -0.132. The van der Waals surface area contributed by atoms with Crippen LogP contribution in [0.4, 0.5) is 0 Å². The number of nitrogens with one attached hydrogen (secondary N) is 1. The average molecular weight is 274 g/mol. The highest BCUT2D eigenvalue weighted by Crippen LogP contribution is 2.26. The van der Waals surface area contributed by atoms with Crippen molar-refractivity contribution in [2.24, 2.45) is 0 Å². The van der Waals surface area contributed by atoms with Gasteiger partial charge in [-0.25, -0.2) is 0 Å². The van der Waals surface area contributed by atoms with Crippen LogP contribution in [0.1, 0.15) is 19.8 Å². The largest absolute Gasteiger partial charge is 0.337 e. The Morgan fingerprint density at radius 3 is 2.94 bits per heavy atom. The molecule has 2 unspecified atom stereocenters. The van der Waals surface area contributed by atoms with Gasteiger partial charge in [0, 0.05) is 36.4 Å². The van der Waals surface area contributed by atoms with E-state index in [9.17, 15) is 4.79 Å². The van der Waals surface area contributed by atoms with Gasteiger partial charge in [0.2, 0.25) is 5.91 Å². The molecule has 2 aliphatic heterocycles. The predicted octanol–water partition coefficient (Wildman–Crippen LogP) is 1.44. The maximum Gasteiger partial charge on any atom is 0.236 e. The van der Waals surface area contributed by atoms with Gasteiger partial charge in [-0.1, -0.05) is 6.92 Å². The summed E-state index contributed by atoms with van der Waals surface area (Å²) in [6.45, 7) is 5.12. The first-order valence-corrected chi connectivity index (χ1v) is 8.73. The van der Waals surface area contributed by atoms with Crippen molar-refractivity contribution in [2.75, 3.05) is 36.9 Å². The van der Waals surface area contributed by atoms with Gasteiger partial charge in [-0.3, -0.25) is 4.79 Å². The highest BCUT2D eigenvalue weighted by molar-refractivity contribution is 8.07. The van der Waals surface area contributed by atoms with Crippen molar-refractivity contribution in [2.45, 2.75) is 31.1 Å². The van der Waals surface area contributed by atoms with Crippen LogP contribution in [0.15, 0.2) is 0 Å². The van der Waals surface area contributed by atoms with E-state index < -0.39 is 0 Å². The number of thioether (sulfide) groups is 2. The van der Waals surface area contributed by atoms with Gasteiger partial charge in [0.25, 0.3) is 0 Å². The Morgan fingerprint density at radius 2 is 2.35 bits per heavy atom. The number of carbonyl (C=O) groups excluding carboxylic acids is 1. The van der Waals surface area contributed by atoms with E-state index in [0.717, 1.165) is 44.0 Å². The van der Waals surface area contributed by atoms with Crippen LogP contribution in [-0.4, -0.2) is 59.0 Å². The van der Waals surface area contributed by atoms with Gasteiger partial charge >= 0.3 is 0 Å². The van der Waals surface area contributed by atoms with Gasteiger partial charge in [-0.15, -0.1) is 11.8 Å². The third-order valence-corrected chi connectivity index (χ3v) is 6.06. The lowest BCUT2D eigenvalue weighted by Gasteiger charge is -2.32. The van der Waals surface area contributed by atoms with Crippen LogP contribution in [0, 0.1) is 0 Å². The zero-order valence-corrected chi connectivity index (χ0v) is 12.1. The Hall–Kier alpha value is 0.130. The molecule has 17 heavy (non-hydrogen) atoms. The van der Waals surface area contributed by atoms with E-state index in [1.807, 2.05) is 23.5 Å². The van der Waals surface area contributed by atoms with Crippen molar-refractivity contribution in [3.05, 3.63) is 0 Å². The second-order valence-corrected chi connectivity index (χ2v) is 7.07. The summed E-state index contributed by atoms with van der Waals surface area (Å²) in [7, 11) is 0. The monoisotopic (exact) mass is 274 g/mol. The molecule has 5 heteroatoms. The molecule has 1 N–H and O–H groups in total. The van der Waals surface area contributed by atoms with Crippen molar-refractivity contribution < 1.29 is 4.79 Å². The number of hydrogen-bond donors (Lipinski definition) is 1. The zero-order valence-electron chi connectivity index (χ0n) is 10.5. The summed E-state index contributed by atoms with van der Waals surface area (Å²) in [5.41, 5.74) is 0. The minimum absolute atomic E-state index is 0.209. The van der Waals surface area contributed by atoms with E-state index >= 15 is 0 Å². The molecule has 0 aromatic heterocycles. The lowest BCUT2D eigenvalue weighted by Crippen LogP contribution is -2.47. The molecule has 0 bridgehead atoms. The quantitative estimate of drug-likeness (QED) is 0.841. The van der Waals surface area contributed by atoms with E-state index in [1.165, 1.54) is 5.75 Å². The molecule has 1 amide bonds. The molecule has 0 aromatic rings. The molecule has 2 atom stereocenters. The molecule has 2 rings (SSSR count). The third-order valence-electron chi connectivity index (χ3n) is 3.31. The van der Waals surface area contributed by atoms with E-state index in [-0.39, 0.29) is 5.25 Å². The van der Waals surface area contributed by atoms with Gasteiger partial charge in [0.05, 0.1) is 5.25 Å². The molecule has 0 spiro atoms. The molecule has 0 saturated carbocycles. The highest BCUT2D eigenvalue weighted by atomic mass is 32.2. The summed E-state index contributed by atoms with van der Waals surface area (Å²) >= 11 is 3.78. The van der Waals surface area contributed by atoms with E-state index in [0.29, 0.717) is 11.9 Å². The average Bonchev–Trinajstić information content (AvgIpc) is 2.90. The predicted molar refractivity (Wildman–Crippen MR) is 76.8 cm³/mol. The molecule has 2 heterocycles. The Labute approximate surface area is 112 Å². The van der Waals surface area contributed by atoms with Crippen molar-refractivity contribution in [3.8, 4) is 0 Å².